The Morgan fingerprint density at radius 2 is 1.66 bits per heavy atom. The number of hydrogen-bond acceptors (Lipinski definition) is 7. The Bertz CT molecular complexity index is 1090. The van der Waals surface area contributed by atoms with E-state index in [1.807, 2.05) is 0 Å². The molecule has 32 heavy (non-hydrogen) atoms. The minimum atomic E-state index is -0.548. The third-order valence-corrected chi connectivity index (χ3v) is 6.82. The van der Waals surface area contributed by atoms with Gasteiger partial charge in [0.1, 0.15) is 11.9 Å². The van der Waals surface area contributed by atoms with Crippen LogP contribution in [0, 0.1) is 23.7 Å². The molecule has 2 saturated carbocycles. The molecular weight excluding hydrogens is 436 g/mol. The summed E-state index contributed by atoms with van der Waals surface area (Å²) in [6, 6.07) is 12.3. The first kappa shape index (κ1) is 20.7. The second-order valence-electron chi connectivity index (χ2n) is 8.37. The van der Waals surface area contributed by atoms with Crippen molar-refractivity contribution in [2.24, 2.45) is 23.7 Å². The van der Waals surface area contributed by atoms with Crippen LogP contribution < -0.4 is 4.74 Å². The van der Waals surface area contributed by atoms with Gasteiger partial charge in [-0.1, -0.05) is 11.6 Å². The maximum atomic E-state index is 12.6. The summed E-state index contributed by atoms with van der Waals surface area (Å²) in [6.07, 6.45) is 1.43. The molecule has 0 radical (unpaired) electrons. The van der Waals surface area contributed by atoms with Gasteiger partial charge in [0.15, 0.2) is 12.4 Å². The number of fused-ring (bicyclic) bond motifs is 1. The summed E-state index contributed by atoms with van der Waals surface area (Å²) in [6.45, 7) is -0.415. The highest BCUT2D eigenvalue weighted by molar-refractivity contribution is 6.30. The lowest BCUT2D eigenvalue weighted by molar-refractivity contribution is -0.154. The second-order valence-corrected chi connectivity index (χ2v) is 8.81. The Kier molecular flexibility index (Phi) is 5.21. The summed E-state index contributed by atoms with van der Waals surface area (Å²) >= 11 is 5.81. The molecule has 8 heteroatoms. The van der Waals surface area contributed by atoms with E-state index in [2.05, 4.69) is 0 Å². The molecule has 3 fully saturated rings. The van der Waals surface area contributed by atoms with Crippen LogP contribution in [0.25, 0.3) is 0 Å². The molecule has 164 valence electrons. The Morgan fingerprint density at radius 1 is 0.969 bits per heavy atom. The molecular formula is C24H19ClO7. The lowest BCUT2D eigenvalue weighted by atomic mass is 9.80. The van der Waals surface area contributed by atoms with E-state index >= 15 is 0 Å². The van der Waals surface area contributed by atoms with E-state index in [-0.39, 0.29) is 35.4 Å². The maximum Gasteiger partial charge on any atom is 0.343 e. The van der Waals surface area contributed by atoms with Crippen molar-refractivity contribution in [3.63, 3.8) is 0 Å². The molecule has 0 unspecified atom stereocenters. The molecule has 5 atom stereocenters. The highest BCUT2D eigenvalue weighted by Crippen LogP contribution is 2.57. The molecule has 2 aliphatic carbocycles. The summed E-state index contributed by atoms with van der Waals surface area (Å²) in [4.78, 5) is 49.2. The van der Waals surface area contributed by atoms with Gasteiger partial charge in [-0.25, -0.2) is 4.79 Å². The van der Waals surface area contributed by atoms with Gasteiger partial charge in [-0.05, 0) is 67.3 Å². The van der Waals surface area contributed by atoms with Crippen molar-refractivity contribution in [2.45, 2.75) is 18.9 Å². The number of carbonyl (C=O) groups excluding carboxylic acids is 4. The first-order valence-electron chi connectivity index (χ1n) is 10.4. The van der Waals surface area contributed by atoms with Gasteiger partial charge in [0.05, 0.1) is 17.4 Å². The number of halogens is 1. The summed E-state index contributed by atoms with van der Waals surface area (Å²) in [5.74, 6) is -2.27. The van der Waals surface area contributed by atoms with E-state index in [4.69, 9.17) is 25.8 Å². The van der Waals surface area contributed by atoms with Crippen molar-refractivity contribution < 1.29 is 33.4 Å². The largest absolute Gasteiger partial charge is 0.462 e. The molecule has 7 nitrogen and oxygen atoms in total. The van der Waals surface area contributed by atoms with Crippen LogP contribution in [0.1, 0.15) is 33.6 Å². The average molecular weight is 455 g/mol. The van der Waals surface area contributed by atoms with Gasteiger partial charge in [0, 0.05) is 16.5 Å². The molecule has 0 spiro atoms. The predicted molar refractivity (Wildman–Crippen MR) is 111 cm³/mol. The summed E-state index contributed by atoms with van der Waals surface area (Å²) < 4.78 is 15.9. The summed E-state index contributed by atoms with van der Waals surface area (Å²) in [7, 11) is 0. The SMILES string of the molecule is O=C(COC(=O)[C@@H]1[C@@H]2C[C@@H]3[C@H]1C(=O)O[C@H]3C2)c1ccc(OC(=O)c2ccc(Cl)cc2)cc1. The zero-order valence-corrected chi connectivity index (χ0v) is 17.6. The molecule has 2 aromatic rings. The number of ketones is 1. The standard InChI is InChI=1S/C24H19ClO7/c25-15-5-1-13(2-6-15)22(27)31-16-7-3-12(4-8-16)18(26)11-30-23(28)20-14-9-17-19(10-14)32-24(29)21(17)20/h1-8,14,17,19-21H,9-11H2/t14-,17+,19+,20-,21-/m1/s1. The molecule has 2 bridgehead atoms. The van der Waals surface area contributed by atoms with Crippen molar-refractivity contribution >= 4 is 35.3 Å². The van der Waals surface area contributed by atoms with Crippen molar-refractivity contribution in [1.82, 2.24) is 0 Å². The molecule has 0 aromatic heterocycles. The molecule has 0 amide bonds. The van der Waals surface area contributed by atoms with Gasteiger partial charge < -0.3 is 14.2 Å². The van der Waals surface area contributed by atoms with Crippen molar-refractivity contribution in [3.8, 4) is 5.75 Å². The minimum Gasteiger partial charge on any atom is -0.462 e. The zero-order chi connectivity index (χ0) is 22.4. The van der Waals surface area contributed by atoms with Gasteiger partial charge in [-0.15, -0.1) is 0 Å². The highest BCUT2D eigenvalue weighted by Gasteiger charge is 2.64. The Balaban J connectivity index is 1.16. The molecule has 5 rings (SSSR count). The van der Waals surface area contributed by atoms with E-state index in [0.717, 1.165) is 6.42 Å². The van der Waals surface area contributed by atoms with E-state index < -0.39 is 30.4 Å². The Morgan fingerprint density at radius 3 is 2.38 bits per heavy atom. The number of rotatable bonds is 6. The monoisotopic (exact) mass is 454 g/mol. The van der Waals surface area contributed by atoms with Gasteiger partial charge in [0.25, 0.3) is 0 Å². The fourth-order valence-electron chi connectivity index (χ4n) is 5.10. The molecule has 1 heterocycles. The first-order chi connectivity index (χ1) is 15.4. The lowest BCUT2D eigenvalue weighted by Crippen LogP contribution is -2.34. The van der Waals surface area contributed by atoms with Crippen molar-refractivity contribution in [2.75, 3.05) is 6.61 Å². The fraction of sp³-hybridized carbons (Fsp3) is 0.333. The third kappa shape index (κ3) is 3.66. The minimum absolute atomic E-state index is 0.0597. The van der Waals surface area contributed by atoms with Gasteiger partial charge in [-0.2, -0.15) is 0 Å². The van der Waals surface area contributed by atoms with Crippen LogP contribution in [0.5, 0.6) is 5.75 Å². The van der Waals surface area contributed by atoms with Crippen LogP contribution in [0.15, 0.2) is 48.5 Å². The predicted octanol–water partition coefficient (Wildman–Crippen LogP) is 3.48. The van der Waals surface area contributed by atoms with Crippen LogP contribution in [0.2, 0.25) is 5.02 Å². The van der Waals surface area contributed by atoms with Gasteiger partial charge >= 0.3 is 17.9 Å². The summed E-state index contributed by atoms with van der Waals surface area (Å²) in [5, 5.41) is 0.512. The molecule has 2 aromatic carbocycles. The van der Waals surface area contributed by atoms with E-state index in [1.165, 1.54) is 24.3 Å². The molecule has 0 N–H and O–H groups in total. The van der Waals surface area contributed by atoms with Crippen LogP contribution in [-0.2, 0) is 19.1 Å². The number of carbonyl (C=O) groups is 4. The quantitative estimate of drug-likeness (QED) is 0.374. The third-order valence-electron chi connectivity index (χ3n) is 6.57. The lowest BCUT2D eigenvalue weighted by Gasteiger charge is -2.22. The Labute approximate surface area is 188 Å². The summed E-state index contributed by atoms with van der Waals surface area (Å²) in [5.41, 5.74) is 0.664. The number of esters is 3. The van der Waals surface area contributed by atoms with E-state index in [9.17, 15) is 19.2 Å². The Hall–Kier alpha value is -3.19. The average Bonchev–Trinajstić information content (AvgIpc) is 3.41. The normalized spacial score (nSPS) is 27.2. The van der Waals surface area contributed by atoms with E-state index in [1.54, 1.807) is 24.3 Å². The first-order valence-corrected chi connectivity index (χ1v) is 10.8. The van der Waals surface area contributed by atoms with Crippen LogP contribution in [0.3, 0.4) is 0 Å². The van der Waals surface area contributed by atoms with Crippen LogP contribution in [-0.4, -0.2) is 36.4 Å². The van der Waals surface area contributed by atoms with Gasteiger partial charge in [0.2, 0.25) is 0 Å². The molecule has 3 aliphatic rings. The van der Waals surface area contributed by atoms with Crippen LogP contribution in [0.4, 0.5) is 0 Å². The fourth-order valence-corrected chi connectivity index (χ4v) is 5.23. The number of ether oxygens (including phenoxy) is 3. The second kappa shape index (κ2) is 8.06. The number of benzene rings is 2. The number of Topliss-reactive ketones (excluding diaryl/α,β-unsaturated/α-hetero) is 1. The van der Waals surface area contributed by atoms with Gasteiger partial charge in [-0.3, -0.25) is 14.4 Å². The van der Waals surface area contributed by atoms with Crippen LogP contribution >= 0.6 is 11.6 Å². The number of hydrogen-bond donors (Lipinski definition) is 0. The maximum absolute atomic E-state index is 12.6. The smallest absolute Gasteiger partial charge is 0.343 e. The van der Waals surface area contributed by atoms with Crippen molar-refractivity contribution in [3.05, 3.63) is 64.7 Å². The molecule has 1 saturated heterocycles. The van der Waals surface area contributed by atoms with E-state index in [0.29, 0.717) is 22.6 Å². The molecule has 1 aliphatic heterocycles. The highest BCUT2D eigenvalue weighted by atomic mass is 35.5. The zero-order valence-electron chi connectivity index (χ0n) is 16.9. The topological polar surface area (TPSA) is 96.0 Å². The van der Waals surface area contributed by atoms with Crippen molar-refractivity contribution in [1.29, 1.82) is 0 Å².